The third kappa shape index (κ3) is 7.32. The van der Waals surface area contributed by atoms with Crippen molar-refractivity contribution >= 4 is 40.8 Å². The Balaban J connectivity index is 1.17. The lowest BCUT2D eigenvalue weighted by atomic mass is 9.82. The van der Waals surface area contributed by atoms with Gasteiger partial charge in [0.2, 0.25) is 11.8 Å². The topological polar surface area (TPSA) is 128 Å². The van der Waals surface area contributed by atoms with E-state index in [0.717, 1.165) is 39.8 Å². The van der Waals surface area contributed by atoms with Crippen LogP contribution in [0.3, 0.4) is 0 Å². The van der Waals surface area contributed by atoms with Crippen LogP contribution in [0, 0.1) is 11.8 Å². The molecule has 9 nitrogen and oxygen atoms in total. The van der Waals surface area contributed by atoms with Gasteiger partial charge in [-0.25, -0.2) is 4.79 Å². The van der Waals surface area contributed by atoms with E-state index >= 15 is 0 Å². The van der Waals surface area contributed by atoms with Gasteiger partial charge in [-0.1, -0.05) is 137 Å². The zero-order valence-electron chi connectivity index (χ0n) is 32.0. The number of anilines is 2. The van der Waals surface area contributed by atoms with Crippen LogP contribution in [-0.4, -0.2) is 52.4 Å². The molecule has 7 rings (SSSR count). The molecule has 5 aromatic rings. The smallest absolute Gasteiger partial charge is 0.408 e. The van der Waals surface area contributed by atoms with Crippen molar-refractivity contribution in [3.05, 3.63) is 150 Å². The Morgan fingerprint density at radius 1 is 0.696 bits per heavy atom. The first-order chi connectivity index (χ1) is 27.1. The van der Waals surface area contributed by atoms with Crippen LogP contribution in [0.1, 0.15) is 67.1 Å². The predicted octanol–water partition coefficient (Wildman–Crippen LogP) is 9.29. The Morgan fingerprint density at radius 3 is 1.71 bits per heavy atom. The summed E-state index contributed by atoms with van der Waals surface area (Å²) in [6.45, 7) is 7.92. The van der Waals surface area contributed by atoms with Gasteiger partial charge >= 0.3 is 6.09 Å². The number of para-hydroxylation sites is 2. The maximum Gasteiger partial charge on any atom is 0.408 e. The largest absolute Gasteiger partial charge is 0.465 e. The van der Waals surface area contributed by atoms with Gasteiger partial charge in [-0.2, -0.15) is 0 Å². The molecule has 284 valence electrons. The molecule has 5 aromatic carbocycles. The molecule has 3 atom stereocenters. The highest BCUT2D eigenvalue weighted by Gasteiger charge is 2.38. The van der Waals surface area contributed by atoms with Crippen molar-refractivity contribution in [2.75, 3.05) is 17.2 Å². The summed E-state index contributed by atoms with van der Waals surface area (Å²) in [7, 11) is 0. The van der Waals surface area contributed by atoms with Gasteiger partial charge in [0.25, 0.3) is 5.91 Å². The fourth-order valence-electron chi connectivity index (χ4n) is 8.19. The first-order valence-electron chi connectivity index (χ1n) is 19.2. The van der Waals surface area contributed by atoms with Crippen molar-refractivity contribution in [3.8, 4) is 22.3 Å². The molecule has 0 fully saturated rings. The molecule has 1 heterocycles. The molecular formula is C47H46N4O5. The third-order valence-corrected chi connectivity index (χ3v) is 11.1. The van der Waals surface area contributed by atoms with Gasteiger partial charge in [-0.3, -0.25) is 19.3 Å². The van der Waals surface area contributed by atoms with E-state index in [1.54, 1.807) is 30.3 Å². The number of carbonyl (C=O) groups is 4. The van der Waals surface area contributed by atoms with E-state index in [1.165, 1.54) is 4.90 Å². The molecule has 0 bridgehead atoms. The van der Waals surface area contributed by atoms with E-state index in [0.29, 0.717) is 28.1 Å². The second-order valence-corrected chi connectivity index (χ2v) is 14.9. The lowest BCUT2D eigenvalue weighted by Gasteiger charge is -2.33. The molecular weight excluding hydrogens is 701 g/mol. The molecule has 56 heavy (non-hydrogen) atoms. The number of carbonyl (C=O) groups excluding carboxylic acids is 3. The number of rotatable bonds is 11. The predicted molar refractivity (Wildman–Crippen MR) is 221 cm³/mol. The molecule has 9 heteroatoms. The number of nitrogens with one attached hydrogen (secondary N) is 3. The molecule has 2 aliphatic rings. The second-order valence-electron chi connectivity index (χ2n) is 14.9. The number of fused-ring (bicyclic) bond motifs is 4. The minimum absolute atomic E-state index is 0.0885. The minimum Gasteiger partial charge on any atom is -0.465 e. The van der Waals surface area contributed by atoms with E-state index in [1.807, 2.05) is 98.8 Å². The van der Waals surface area contributed by atoms with Gasteiger partial charge in [0.1, 0.15) is 6.04 Å². The summed E-state index contributed by atoms with van der Waals surface area (Å²) in [5.41, 5.74) is 8.54. The molecule has 0 aromatic heterocycles. The molecule has 0 spiro atoms. The summed E-state index contributed by atoms with van der Waals surface area (Å²) >= 11 is 0. The van der Waals surface area contributed by atoms with Crippen LogP contribution in [0.15, 0.2) is 127 Å². The lowest BCUT2D eigenvalue weighted by molar-refractivity contribution is -0.122. The maximum atomic E-state index is 14.3. The zero-order valence-corrected chi connectivity index (χ0v) is 32.0. The molecule has 4 amide bonds. The molecule has 0 unspecified atom stereocenters. The minimum atomic E-state index is -1.17. The molecule has 4 N–H and O–H groups in total. The van der Waals surface area contributed by atoms with E-state index in [2.05, 4.69) is 41.9 Å². The van der Waals surface area contributed by atoms with Crippen molar-refractivity contribution in [2.45, 2.75) is 52.1 Å². The Hall–Kier alpha value is -6.48. The van der Waals surface area contributed by atoms with Crippen molar-refractivity contribution in [1.82, 2.24) is 10.2 Å². The monoisotopic (exact) mass is 746 g/mol. The Bertz CT molecular complexity index is 2300. The number of nitrogens with zero attached hydrogens (tertiary/aromatic N) is 1. The first-order valence-corrected chi connectivity index (χ1v) is 19.2. The van der Waals surface area contributed by atoms with Crippen molar-refractivity contribution < 1.29 is 24.3 Å². The molecule has 1 aliphatic heterocycles. The number of hydrogen-bond donors (Lipinski definition) is 4. The van der Waals surface area contributed by atoms with Crippen LogP contribution in [0.25, 0.3) is 27.8 Å². The Morgan fingerprint density at radius 2 is 1.18 bits per heavy atom. The summed E-state index contributed by atoms with van der Waals surface area (Å²) in [5.74, 6) is -1.46. The number of benzene rings is 5. The average Bonchev–Trinajstić information content (AvgIpc) is 3.51. The summed E-state index contributed by atoms with van der Waals surface area (Å²) in [4.78, 5) is 55.5. The van der Waals surface area contributed by atoms with Crippen LogP contribution < -0.4 is 16.0 Å². The Kier molecular flexibility index (Phi) is 10.9. The van der Waals surface area contributed by atoms with Gasteiger partial charge in [-0.05, 0) is 63.4 Å². The van der Waals surface area contributed by atoms with E-state index in [9.17, 15) is 24.3 Å². The number of carboxylic acid groups (broad SMARTS) is 1. The summed E-state index contributed by atoms with van der Waals surface area (Å²) in [6.07, 6.45) is 1.20. The Labute approximate surface area is 327 Å². The van der Waals surface area contributed by atoms with Crippen molar-refractivity contribution in [3.63, 3.8) is 0 Å². The van der Waals surface area contributed by atoms with Gasteiger partial charge < -0.3 is 21.1 Å². The van der Waals surface area contributed by atoms with Crippen LogP contribution >= 0.6 is 0 Å². The molecule has 0 radical (unpaired) electrons. The SMILES string of the molecule is CC[C@H](C)[C@@H]1NC(=O)c2ccccc2/C1=C/C(=O)Nc1ccccc1-c1ccccc1NC(=O)[C@H](C(C)C)N(CC1c2ccccc2-c2ccccc21)C(=O)O. The normalized spacial score (nSPS) is 16.3. The highest BCUT2D eigenvalue weighted by atomic mass is 16.4. The highest BCUT2D eigenvalue weighted by Crippen LogP contribution is 2.45. The van der Waals surface area contributed by atoms with Crippen LogP contribution in [0.2, 0.25) is 0 Å². The van der Waals surface area contributed by atoms with Crippen LogP contribution in [0.4, 0.5) is 16.2 Å². The van der Waals surface area contributed by atoms with Crippen molar-refractivity contribution in [1.29, 1.82) is 0 Å². The molecule has 0 saturated heterocycles. The average molecular weight is 747 g/mol. The quantitative estimate of drug-likeness (QED) is 0.100. The van der Waals surface area contributed by atoms with Crippen LogP contribution in [0.5, 0.6) is 0 Å². The van der Waals surface area contributed by atoms with E-state index in [-0.39, 0.29) is 42.2 Å². The van der Waals surface area contributed by atoms with Crippen LogP contribution in [-0.2, 0) is 9.59 Å². The molecule has 1 aliphatic carbocycles. The number of amides is 4. The zero-order chi connectivity index (χ0) is 39.5. The van der Waals surface area contributed by atoms with Gasteiger partial charge in [0, 0.05) is 46.6 Å². The van der Waals surface area contributed by atoms with Gasteiger partial charge in [0.05, 0.1) is 6.04 Å². The van der Waals surface area contributed by atoms with Gasteiger partial charge in [0.15, 0.2) is 0 Å². The highest BCUT2D eigenvalue weighted by molar-refractivity contribution is 6.11. The number of hydrogen-bond acceptors (Lipinski definition) is 4. The fraction of sp³-hybridized carbons (Fsp3) is 0.234. The van der Waals surface area contributed by atoms with E-state index in [4.69, 9.17) is 0 Å². The first kappa shape index (κ1) is 37.8. The van der Waals surface area contributed by atoms with Gasteiger partial charge in [-0.15, -0.1) is 0 Å². The third-order valence-electron chi connectivity index (χ3n) is 11.1. The summed E-state index contributed by atoms with van der Waals surface area (Å²) in [5, 5.41) is 19.9. The maximum absolute atomic E-state index is 14.3. The second kappa shape index (κ2) is 16.1. The fourth-order valence-corrected chi connectivity index (χ4v) is 8.19. The standard InChI is InChI=1S/C47H46N4O5/c1-5-29(4)43-38(34-20-10-11-23-37(34)45(53)50-43)26-42(52)48-40-24-14-12-21-35(40)36-22-13-15-25-41(36)49-46(54)44(28(2)3)51(47(55)56)27-39-32-18-8-6-16-30(32)31-17-7-9-19-33(31)39/h6-26,28-29,39,43-44H,5,27H2,1-4H3,(H,48,52)(H,49,54)(H,50,53)(H,55,56)/b38-26-/t29-,43-,44-/m0/s1. The van der Waals surface area contributed by atoms with E-state index < -0.39 is 18.0 Å². The van der Waals surface area contributed by atoms with Crippen molar-refractivity contribution in [2.24, 2.45) is 11.8 Å². The molecule has 0 saturated carbocycles. The lowest BCUT2D eigenvalue weighted by Crippen LogP contribution is -2.51. The summed E-state index contributed by atoms with van der Waals surface area (Å²) in [6, 6.07) is 36.7. The summed E-state index contributed by atoms with van der Waals surface area (Å²) < 4.78 is 0.